The molecule has 0 fully saturated rings. The highest BCUT2D eigenvalue weighted by molar-refractivity contribution is 5.97. The van der Waals surface area contributed by atoms with Crippen LogP contribution in [0.3, 0.4) is 0 Å². The number of benzene rings is 3. The number of para-hydroxylation sites is 2. The first-order valence-corrected chi connectivity index (χ1v) is 10.1. The van der Waals surface area contributed by atoms with E-state index in [0.29, 0.717) is 16.7 Å². The molecular formula is C25H19N3O6. The summed E-state index contributed by atoms with van der Waals surface area (Å²) >= 11 is 0. The molecule has 0 aliphatic rings. The van der Waals surface area contributed by atoms with Gasteiger partial charge in [-0.15, -0.1) is 0 Å². The van der Waals surface area contributed by atoms with Crippen LogP contribution >= 0.6 is 0 Å². The minimum Gasteiger partial charge on any atom is -0.507 e. The zero-order chi connectivity index (χ0) is 24.2. The summed E-state index contributed by atoms with van der Waals surface area (Å²) in [5.74, 6) is -1.08. The number of hydrogen-bond acceptors (Lipinski definition) is 9. The van der Waals surface area contributed by atoms with Gasteiger partial charge in [-0.05, 0) is 42.5 Å². The molecule has 0 saturated carbocycles. The first kappa shape index (κ1) is 22.4. The number of phenolic OH excluding ortho intramolecular Hbond substituents is 2. The summed E-state index contributed by atoms with van der Waals surface area (Å²) in [6, 6.07) is 17.3. The summed E-state index contributed by atoms with van der Waals surface area (Å²) < 4.78 is 9.61. The number of aromatic nitrogens is 3. The number of hydrogen-bond donors (Lipinski definition) is 2. The third-order valence-electron chi connectivity index (χ3n) is 4.96. The lowest BCUT2D eigenvalue weighted by Crippen LogP contribution is -2.08. The molecule has 0 aliphatic heterocycles. The predicted molar refractivity (Wildman–Crippen MR) is 122 cm³/mol. The number of esters is 2. The Morgan fingerprint density at radius 3 is 1.47 bits per heavy atom. The minimum absolute atomic E-state index is 0.0542. The topological polar surface area (TPSA) is 132 Å². The van der Waals surface area contributed by atoms with E-state index in [1.807, 2.05) is 0 Å². The Balaban J connectivity index is 2.00. The highest BCUT2D eigenvalue weighted by Crippen LogP contribution is 2.32. The summed E-state index contributed by atoms with van der Waals surface area (Å²) in [5.41, 5.74) is 1.15. The molecular weight excluding hydrogens is 438 g/mol. The van der Waals surface area contributed by atoms with E-state index in [0.717, 1.165) is 0 Å². The van der Waals surface area contributed by atoms with E-state index < -0.39 is 11.9 Å². The molecule has 1 heterocycles. The van der Waals surface area contributed by atoms with Gasteiger partial charge in [-0.2, -0.15) is 0 Å². The fourth-order valence-corrected chi connectivity index (χ4v) is 3.30. The van der Waals surface area contributed by atoms with Crippen molar-refractivity contribution in [3.8, 4) is 45.7 Å². The van der Waals surface area contributed by atoms with Gasteiger partial charge in [-0.3, -0.25) is 0 Å². The molecule has 9 heteroatoms. The second-order valence-corrected chi connectivity index (χ2v) is 7.12. The van der Waals surface area contributed by atoms with Gasteiger partial charge < -0.3 is 19.7 Å². The average molecular weight is 457 g/mol. The van der Waals surface area contributed by atoms with Crippen LogP contribution in [0.25, 0.3) is 34.2 Å². The van der Waals surface area contributed by atoms with Crippen LogP contribution in [0.15, 0.2) is 66.7 Å². The molecule has 0 unspecified atom stereocenters. The van der Waals surface area contributed by atoms with E-state index in [-0.39, 0.29) is 40.1 Å². The van der Waals surface area contributed by atoms with Crippen LogP contribution in [-0.2, 0) is 9.47 Å². The number of aromatic hydroxyl groups is 2. The number of methoxy groups -OCH3 is 2. The zero-order valence-corrected chi connectivity index (χ0v) is 18.2. The quantitative estimate of drug-likeness (QED) is 0.429. The van der Waals surface area contributed by atoms with E-state index in [4.69, 9.17) is 9.47 Å². The Bertz CT molecular complexity index is 1310. The van der Waals surface area contributed by atoms with Crippen molar-refractivity contribution in [3.05, 3.63) is 77.9 Å². The van der Waals surface area contributed by atoms with Crippen molar-refractivity contribution in [1.82, 2.24) is 15.0 Å². The van der Waals surface area contributed by atoms with Crippen molar-refractivity contribution < 1.29 is 29.3 Å². The highest BCUT2D eigenvalue weighted by atomic mass is 16.5. The lowest BCUT2D eigenvalue weighted by atomic mass is 10.0. The van der Waals surface area contributed by atoms with E-state index in [9.17, 15) is 19.8 Å². The van der Waals surface area contributed by atoms with Crippen molar-refractivity contribution in [1.29, 1.82) is 0 Å². The monoisotopic (exact) mass is 457 g/mol. The number of nitrogens with zero attached hydrogens (tertiary/aromatic N) is 3. The number of phenols is 2. The molecule has 4 aromatic rings. The molecule has 9 nitrogen and oxygen atoms in total. The maximum atomic E-state index is 12.2. The smallest absolute Gasteiger partial charge is 0.337 e. The third-order valence-corrected chi connectivity index (χ3v) is 4.96. The van der Waals surface area contributed by atoms with Crippen molar-refractivity contribution >= 4 is 11.9 Å². The predicted octanol–water partition coefficient (Wildman–Crippen LogP) is 3.86. The maximum absolute atomic E-state index is 12.2. The lowest BCUT2D eigenvalue weighted by Gasteiger charge is -2.11. The SMILES string of the molecule is COC(=O)c1cc(C(=O)OC)cc(-c2nc(-c3ccccc3O)nc(-c3ccccc3O)n2)c1. The lowest BCUT2D eigenvalue weighted by molar-refractivity contribution is 0.0599. The number of ether oxygens (including phenoxy) is 2. The van der Waals surface area contributed by atoms with Crippen molar-refractivity contribution in [2.45, 2.75) is 0 Å². The summed E-state index contributed by atoms with van der Waals surface area (Å²) in [5, 5.41) is 20.7. The Labute approximate surface area is 194 Å². The van der Waals surface area contributed by atoms with Crippen LogP contribution in [-0.4, -0.2) is 51.3 Å². The molecule has 0 amide bonds. The van der Waals surface area contributed by atoms with E-state index in [1.54, 1.807) is 36.4 Å². The normalized spacial score (nSPS) is 10.5. The van der Waals surface area contributed by atoms with Gasteiger partial charge in [0.15, 0.2) is 17.5 Å². The standard InChI is InChI=1S/C25H19N3O6/c1-33-24(31)15-11-14(12-16(13-15)25(32)34-2)21-26-22(17-7-3-5-9-19(17)29)28-23(27-21)18-8-4-6-10-20(18)30/h3-13,29-30H,1-2H3. The van der Waals surface area contributed by atoms with Crippen LogP contribution in [0.2, 0.25) is 0 Å². The molecule has 3 aromatic carbocycles. The number of carbonyl (C=O) groups is 2. The van der Waals surface area contributed by atoms with Crippen LogP contribution in [0, 0.1) is 0 Å². The molecule has 34 heavy (non-hydrogen) atoms. The van der Waals surface area contributed by atoms with Crippen LogP contribution < -0.4 is 0 Å². The minimum atomic E-state index is -0.664. The van der Waals surface area contributed by atoms with E-state index >= 15 is 0 Å². The molecule has 1 aromatic heterocycles. The summed E-state index contributed by atoms with van der Waals surface area (Å²) in [4.78, 5) is 37.9. The van der Waals surface area contributed by atoms with Gasteiger partial charge in [0.2, 0.25) is 0 Å². The second kappa shape index (κ2) is 9.37. The van der Waals surface area contributed by atoms with Gasteiger partial charge in [-0.1, -0.05) is 24.3 Å². The summed E-state index contributed by atoms with van der Waals surface area (Å²) in [6.07, 6.45) is 0. The highest BCUT2D eigenvalue weighted by Gasteiger charge is 2.19. The van der Waals surface area contributed by atoms with Crippen LogP contribution in [0.1, 0.15) is 20.7 Å². The molecule has 0 spiro atoms. The molecule has 170 valence electrons. The van der Waals surface area contributed by atoms with E-state index in [1.165, 1.54) is 44.6 Å². The Morgan fingerprint density at radius 1 is 0.647 bits per heavy atom. The fourth-order valence-electron chi connectivity index (χ4n) is 3.30. The fraction of sp³-hybridized carbons (Fsp3) is 0.0800. The second-order valence-electron chi connectivity index (χ2n) is 7.12. The Hall–Kier alpha value is -4.79. The molecule has 0 saturated heterocycles. The number of rotatable bonds is 5. The summed E-state index contributed by atoms with van der Waals surface area (Å²) in [7, 11) is 2.45. The first-order chi connectivity index (χ1) is 16.4. The summed E-state index contributed by atoms with van der Waals surface area (Å²) in [6.45, 7) is 0. The third kappa shape index (κ3) is 4.40. The van der Waals surface area contributed by atoms with Gasteiger partial charge >= 0.3 is 11.9 Å². The van der Waals surface area contributed by atoms with Crippen molar-refractivity contribution in [2.24, 2.45) is 0 Å². The molecule has 0 atom stereocenters. The average Bonchev–Trinajstić information content (AvgIpc) is 2.87. The molecule has 0 radical (unpaired) electrons. The van der Waals surface area contributed by atoms with Gasteiger partial charge in [0.05, 0.1) is 36.5 Å². The number of carbonyl (C=O) groups excluding carboxylic acids is 2. The van der Waals surface area contributed by atoms with Crippen molar-refractivity contribution in [2.75, 3.05) is 14.2 Å². The Morgan fingerprint density at radius 2 is 1.06 bits per heavy atom. The Kier molecular flexibility index (Phi) is 6.18. The maximum Gasteiger partial charge on any atom is 0.337 e. The van der Waals surface area contributed by atoms with Crippen LogP contribution in [0.4, 0.5) is 0 Å². The largest absolute Gasteiger partial charge is 0.507 e. The zero-order valence-electron chi connectivity index (χ0n) is 18.2. The first-order valence-electron chi connectivity index (χ1n) is 10.1. The van der Waals surface area contributed by atoms with Gasteiger partial charge in [0.25, 0.3) is 0 Å². The molecule has 0 bridgehead atoms. The molecule has 2 N–H and O–H groups in total. The van der Waals surface area contributed by atoms with Crippen LogP contribution in [0.5, 0.6) is 11.5 Å². The van der Waals surface area contributed by atoms with Gasteiger partial charge in [0, 0.05) is 5.56 Å². The van der Waals surface area contributed by atoms with Gasteiger partial charge in [0.1, 0.15) is 11.5 Å². The molecule has 4 rings (SSSR count). The van der Waals surface area contributed by atoms with Crippen molar-refractivity contribution in [3.63, 3.8) is 0 Å². The molecule has 0 aliphatic carbocycles. The van der Waals surface area contributed by atoms with E-state index in [2.05, 4.69) is 15.0 Å². The van der Waals surface area contributed by atoms with Gasteiger partial charge in [-0.25, -0.2) is 24.5 Å².